The third-order valence-corrected chi connectivity index (χ3v) is 1.45. The average Bonchev–Trinajstić information content (AvgIpc) is 2.10. The van der Waals surface area contributed by atoms with E-state index in [1.54, 1.807) is 6.07 Å². The first-order valence-corrected chi connectivity index (χ1v) is 3.48. The van der Waals surface area contributed by atoms with Gasteiger partial charge in [-0.3, -0.25) is 0 Å². The monoisotopic (exact) mass is 176 g/mol. The van der Waals surface area contributed by atoms with Crippen molar-refractivity contribution in [2.75, 3.05) is 0 Å². The van der Waals surface area contributed by atoms with Crippen LogP contribution in [0.3, 0.4) is 0 Å². The van der Waals surface area contributed by atoms with Crippen molar-refractivity contribution < 1.29 is 4.39 Å². The molecule has 5 heteroatoms. The van der Waals surface area contributed by atoms with Crippen LogP contribution in [0.4, 0.5) is 10.1 Å². The minimum Gasteiger partial charge on any atom is -0.206 e. The minimum absolute atomic E-state index is 0.0517. The van der Waals surface area contributed by atoms with Gasteiger partial charge in [0.05, 0.1) is 18.2 Å². The van der Waals surface area contributed by atoms with E-state index in [1.807, 2.05) is 6.07 Å². The molecule has 64 valence electrons. The molecular weight excluding hydrogens is 171 g/mol. The summed E-state index contributed by atoms with van der Waals surface area (Å²) in [6.07, 6.45) is 0.146. The van der Waals surface area contributed by atoms with Gasteiger partial charge in [0.15, 0.2) is 0 Å². The lowest BCUT2D eigenvalue weighted by atomic mass is 10.1. The van der Waals surface area contributed by atoms with Crippen LogP contribution in [0.2, 0.25) is 0 Å². The van der Waals surface area contributed by atoms with Crippen molar-refractivity contribution in [3.8, 4) is 6.07 Å². The Hall–Kier alpha value is -2.05. The quantitative estimate of drug-likeness (QED) is 0.388. The van der Waals surface area contributed by atoms with Crippen LogP contribution in [0.15, 0.2) is 23.3 Å². The van der Waals surface area contributed by atoms with Crippen molar-refractivity contribution in [2.45, 2.75) is 6.42 Å². The van der Waals surface area contributed by atoms with Crippen LogP contribution in [0.1, 0.15) is 5.56 Å². The Morgan fingerprint density at radius 2 is 2.38 bits per heavy atom. The topological polar surface area (TPSA) is 72.5 Å². The molecule has 0 aliphatic rings. The highest BCUT2D eigenvalue weighted by molar-refractivity contribution is 5.41. The standard InChI is InChI=1S/C8H5FN4/c9-7-5-6(3-4-10)1-2-8(7)12-13-11/h1-2,5H,3H2. The molecule has 1 rings (SSSR count). The van der Waals surface area contributed by atoms with E-state index in [4.69, 9.17) is 10.8 Å². The Balaban J connectivity index is 3.06. The summed E-state index contributed by atoms with van der Waals surface area (Å²) >= 11 is 0. The van der Waals surface area contributed by atoms with Crippen LogP contribution in [0, 0.1) is 17.1 Å². The summed E-state index contributed by atoms with van der Waals surface area (Å²) in [5.74, 6) is -0.606. The molecule has 0 heterocycles. The van der Waals surface area contributed by atoms with E-state index in [9.17, 15) is 4.39 Å². The Bertz CT molecular complexity index is 401. The van der Waals surface area contributed by atoms with E-state index in [-0.39, 0.29) is 12.1 Å². The first kappa shape index (κ1) is 9.04. The highest BCUT2D eigenvalue weighted by Gasteiger charge is 2.00. The van der Waals surface area contributed by atoms with Gasteiger partial charge in [0.25, 0.3) is 0 Å². The van der Waals surface area contributed by atoms with Crippen molar-refractivity contribution in [3.63, 3.8) is 0 Å². The molecule has 0 saturated carbocycles. The molecule has 0 spiro atoms. The van der Waals surface area contributed by atoms with Crippen molar-refractivity contribution in [2.24, 2.45) is 5.11 Å². The van der Waals surface area contributed by atoms with Gasteiger partial charge in [-0.1, -0.05) is 11.2 Å². The zero-order valence-corrected chi connectivity index (χ0v) is 6.61. The highest BCUT2D eigenvalue weighted by atomic mass is 19.1. The van der Waals surface area contributed by atoms with E-state index >= 15 is 0 Å². The summed E-state index contributed by atoms with van der Waals surface area (Å²) in [5, 5.41) is 11.5. The molecule has 0 atom stereocenters. The summed E-state index contributed by atoms with van der Waals surface area (Å²) in [6.45, 7) is 0. The number of nitriles is 1. The van der Waals surface area contributed by atoms with Crippen molar-refractivity contribution >= 4 is 5.69 Å². The molecule has 0 aliphatic carbocycles. The van der Waals surface area contributed by atoms with E-state index < -0.39 is 5.82 Å². The van der Waals surface area contributed by atoms with Gasteiger partial charge >= 0.3 is 0 Å². The van der Waals surface area contributed by atoms with Gasteiger partial charge in [-0.2, -0.15) is 5.26 Å². The second-order valence-electron chi connectivity index (χ2n) is 2.31. The first-order valence-electron chi connectivity index (χ1n) is 3.48. The van der Waals surface area contributed by atoms with Crippen LogP contribution in [-0.2, 0) is 6.42 Å². The summed E-state index contributed by atoms with van der Waals surface area (Å²) in [7, 11) is 0. The Labute approximate surface area is 73.9 Å². The Kier molecular flexibility index (Phi) is 2.85. The van der Waals surface area contributed by atoms with Crippen LogP contribution in [0.5, 0.6) is 0 Å². The van der Waals surface area contributed by atoms with Crippen LogP contribution < -0.4 is 0 Å². The number of rotatable bonds is 2. The zero-order valence-electron chi connectivity index (χ0n) is 6.61. The molecule has 0 aliphatic heterocycles. The van der Waals surface area contributed by atoms with Crippen molar-refractivity contribution in [1.82, 2.24) is 0 Å². The van der Waals surface area contributed by atoms with Crippen LogP contribution >= 0.6 is 0 Å². The number of hydrogen-bond acceptors (Lipinski definition) is 2. The van der Waals surface area contributed by atoms with Gasteiger partial charge in [-0.15, -0.1) is 0 Å². The SMILES string of the molecule is N#CCc1ccc(N=[N+]=[N-])c(F)c1. The molecule has 0 amide bonds. The predicted molar refractivity (Wildman–Crippen MR) is 44.5 cm³/mol. The fourth-order valence-electron chi connectivity index (χ4n) is 0.881. The lowest BCUT2D eigenvalue weighted by Crippen LogP contribution is -1.83. The fraction of sp³-hybridized carbons (Fsp3) is 0.125. The molecule has 1 aromatic rings. The van der Waals surface area contributed by atoms with Crippen LogP contribution in [-0.4, -0.2) is 0 Å². The second kappa shape index (κ2) is 4.10. The summed E-state index contributed by atoms with van der Waals surface area (Å²) < 4.78 is 13.0. The third kappa shape index (κ3) is 2.19. The molecule has 0 radical (unpaired) electrons. The van der Waals surface area contributed by atoms with Gasteiger partial charge in [-0.25, -0.2) is 4.39 Å². The number of benzene rings is 1. The summed E-state index contributed by atoms with van der Waals surface area (Å²) in [6, 6.07) is 5.98. The Morgan fingerprint density at radius 3 is 2.92 bits per heavy atom. The molecule has 0 unspecified atom stereocenters. The number of hydrogen-bond donors (Lipinski definition) is 0. The molecule has 0 fully saturated rings. The molecule has 1 aromatic carbocycles. The maximum absolute atomic E-state index is 13.0. The molecule has 4 nitrogen and oxygen atoms in total. The lowest BCUT2D eigenvalue weighted by Gasteiger charge is -1.97. The smallest absolute Gasteiger partial charge is 0.133 e. The molecular formula is C8H5FN4. The van der Waals surface area contributed by atoms with Gasteiger partial charge in [0.2, 0.25) is 0 Å². The fourth-order valence-corrected chi connectivity index (χ4v) is 0.881. The average molecular weight is 176 g/mol. The van der Waals surface area contributed by atoms with Crippen LogP contribution in [0.25, 0.3) is 10.4 Å². The Morgan fingerprint density at radius 1 is 1.62 bits per heavy atom. The number of azide groups is 1. The zero-order chi connectivity index (χ0) is 9.68. The maximum Gasteiger partial charge on any atom is 0.133 e. The molecule has 13 heavy (non-hydrogen) atoms. The van der Waals surface area contributed by atoms with E-state index in [0.717, 1.165) is 0 Å². The molecule has 0 N–H and O–H groups in total. The minimum atomic E-state index is -0.606. The normalized spacial score (nSPS) is 8.62. The summed E-state index contributed by atoms with van der Waals surface area (Å²) in [5.41, 5.74) is 8.57. The second-order valence-corrected chi connectivity index (χ2v) is 2.31. The predicted octanol–water partition coefficient (Wildman–Crippen LogP) is 2.83. The number of nitrogens with zero attached hydrogens (tertiary/aromatic N) is 4. The number of halogens is 1. The maximum atomic E-state index is 13.0. The highest BCUT2D eigenvalue weighted by Crippen LogP contribution is 2.18. The van der Waals surface area contributed by atoms with Gasteiger partial charge in [0, 0.05) is 4.91 Å². The first-order chi connectivity index (χ1) is 6.27. The molecule has 0 aromatic heterocycles. The largest absolute Gasteiger partial charge is 0.206 e. The van der Waals surface area contributed by atoms with Gasteiger partial charge in [-0.05, 0) is 23.2 Å². The third-order valence-electron chi connectivity index (χ3n) is 1.45. The van der Waals surface area contributed by atoms with Crippen molar-refractivity contribution in [1.29, 1.82) is 5.26 Å². The van der Waals surface area contributed by atoms with E-state index in [1.165, 1.54) is 12.1 Å². The summed E-state index contributed by atoms with van der Waals surface area (Å²) in [4.78, 5) is 2.46. The van der Waals surface area contributed by atoms with E-state index in [0.29, 0.717) is 5.56 Å². The lowest BCUT2D eigenvalue weighted by molar-refractivity contribution is 0.628. The van der Waals surface area contributed by atoms with Crippen molar-refractivity contribution in [3.05, 3.63) is 40.0 Å². The van der Waals surface area contributed by atoms with Gasteiger partial charge in [0.1, 0.15) is 5.82 Å². The van der Waals surface area contributed by atoms with Gasteiger partial charge < -0.3 is 0 Å². The molecule has 0 bridgehead atoms. The van der Waals surface area contributed by atoms with E-state index in [2.05, 4.69) is 10.0 Å². The molecule has 0 saturated heterocycles.